The number of rotatable bonds is 5. The summed E-state index contributed by atoms with van der Waals surface area (Å²) in [7, 11) is 0. The zero-order valence-electron chi connectivity index (χ0n) is 33.5. The lowest BCUT2D eigenvalue weighted by Crippen LogP contribution is -2.89. The Bertz CT molecular complexity index is 1830. The third-order valence-electron chi connectivity index (χ3n) is 15.8. The van der Waals surface area contributed by atoms with Crippen LogP contribution in [0.4, 0.5) is 0 Å². The number of esters is 2. The highest BCUT2D eigenvalue weighted by atomic mass is 16.9. The second-order valence-corrected chi connectivity index (χ2v) is 19.3. The Kier molecular flexibility index (Phi) is 9.16. The van der Waals surface area contributed by atoms with Gasteiger partial charge in [0, 0.05) is 41.7 Å². The van der Waals surface area contributed by atoms with Crippen molar-refractivity contribution in [2.24, 2.45) is 47.3 Å². The van der Waals surface area contributed by atoms with Gasteiger partial charge in [0.15, 0.2) is 0 Å². The van der Waals surface area contributed by atoms with Crippen molar-refractivity contribution in [2.75, 3.05) is 6.61 Å². The molecule has 9 aliphatic rings. The van der Waals surface area contributed by atoms with Gasteiger partial charge in [0.05, 0.1) is 17.8 Å². The van der Waals surface area contributed by atoms with Gasteiger partial charge in [-0.25, -0.2) is 4.79 Å². The van der Waals surface area contributed by atoms with Crippen molar-refractivity contribution in [3.05, 3.63) is 60.2 Å². The minimum Gasteiger partial charge on any atom is -0.458 e. The molecular weight excluding hydrogens is 736 g/mol. The number of hydrogen-bond acceptors (Lipinski definition) is 13. The first kappa shape index (κ1) is 39.7. The number of epoxide rings is 1. The first-order valence-electron chi connectivity index (χ1n) is 20.9. The quantitative estimate of drug-likeness (QED) is 0.216. The van der Waals surface area contributed by atoms with Crippen LogP contribution in [0.25, 0.3) is 0 Å². The Morgan fingerprint density at radius 3 is 2.39 bits per heavy atom. The lowest BCUT2D eigenvalue weighted by molar-refractivity contribution is -0.595. The maximum atomic E-state index is 13.7. The molecule has 312 valence electrons. The molecule has 0 radical (unpaired) electrons. The number of benzene rings is 1. The van der Waals surface area contributed by atoms with E-state index in [2.05, 4.69) is 6.92 Å². The predicted octanol–water partition coefficient (Wildman–Crippen LogP) is 3.04. The van der Waals surface area contributed by atoms with E-state index in [0.29, 0.717) is 18.4 Å². The fourth-order valence-corrected chi connectivity index (χ4v) is 13.0. The van der Waals surface area contributed by atoms with Gasteiger partial charge in [0.2, 0.25) is 0 Å². The molecule has 10 bridgehead atoms. The van der Waals surface area contributed by atoms with Gasteiger partial charge in [0.1, 0.15) is 53.4 Å². The third kappa shape index (κ3) is 5.26. The number of ether oxygens (including phenoxy) is 6. The molecule has 57 heavy (non-hydrogen) atoms. The number of aliphatic hydroxyl groups excluding tert-OH is 2. The number of hydrogen-bond donors (Lipinski definition) is 5. The topological polar surface area (TPSA) is 194 Å². The largest absolute Gasteiger partial charge is 0.458 e. The summed E-state index contributed by atoms with van der Waals surface area (Å²) in [5, 5.41) is 63.3. The van der Waals surface area contributed by atoms with Crippen molar-refractivity contribution >= 4 is 11.9 Å². The number of carbonyl (C=O) groups is 2. The van der Waals surface area contributed by atoms with Gasteiger partial charge in [-0.15, -0.1) is 0 Å². The smallest absolute Gasteiger partial charge is 0.331 e. The number of aliphatic hydroxyl groups is 5. The Hall–Kier alpha value is -2.72. The molecule has 4 saturated carbocycles. The van der Waals surface area contributed by atoms with Crippen LogP contribution in [-0.2, 0) is 44.0 Å². The van der Waals surface area contributed by atoms with Gasteiger partial charge in [-0.05, 0) is 62.4 Å². The molecule has 8 fully saturated rings. The van der Waals surface area contributed by atoms with E-state index in [1.54, 1.807) is 31.2 Å². The summed E-state index contributed by atoms with van der Waals surface area (Å²) in [5.74, 6) is -6.33. The molecule has 0 unspecified atom stereocenters. The minimum atomic E-state index is -2.21. The normalized spacial score (nSPS) is 54.4. The minimum absolute atomic E-state index is 0.0620. The van der Waals surface area contributed by atoms with Crippen molar-refractivity contribution in [1.29, 1.82) is 0 Å². The summed E-state index contributed by atoms with van der Waals surface area (Å²) in [6, 6.07) is 9.04. The molecule has 0 amide bonds. The molecule has 5 N–H and O–H groups in total. The van der Waals surface area contributed by atoms with Crippen LogP contribution in [0.5, 0.6) is 0 Å². The Morgan fingerprint density at radius 1 is 0.965 bits per heavy atom. The Morgan fingerprint density at radius 2 is 1.68 bits per heavy atom. The zero-order chi connectivity index (χ0) is 40.7. The molecule has 1 aromatic rings. The van der Waals surface area contributed by atoms with Gasteiger partial charge < -0.3 is 54.0 Å². The van der Waals surface area contributed by atoms with Crippen LogP contribution in [0.15, 0.2) is 54.6 Å². The lowest BCUT2D eigenvalue weighted by Gasteiger charge is -2.74. The van der Waals surface area contributed by atoms with E-state index in [9.17, 15) is 35.1 Å². The highest BCUT2D eigenvalue weighted by molar-refractivity contribution is 5.82. The van der Waals surface area contributed by atoms with E-state index in [1.165, 1.54) is 12.2 Å². The number of fused-ring (bicyclic) bond motifs is 3. The van der Waals surface area contributed by atoms with Crippen LogP contribution < -0.4 is 0 Å². The van der Waals surface area contributed by atoms with E-state index >= 15 is 0 Å². The van der Waals surface area contributed by atoms with Crippen LogP contribution in [-0.4, -0.2) is 109 Å². The van der Waals surface area contributed by atoms with Crippen molar-refractivity contribution in [3.8, 4) is 0 Å². The average molecular weight is 795 g/mol. The standard InChI is InChI=1S/C44H58O13/c1-22(2)18-32(47)52-29-14-10-11-15-31(46)53-34-23(3)19-30-41(34,50)38(48)40(21-45)36(54-40)33-37-43(51,39(6,49)20-26-16-17-28(29)24(26)4)35-25(5)42(30,33)57-44(55-35,56-37)27-12-8-7-9-13-27/h7-15,22-26,28-30,33-38,45,48-51H,16-21H2,1-6H3/b14-10-,15-11-/t23-,24-,25-,26+,28-,29+,30+,33-,34-,35-,36-,37+,38+,39+,40-,41+,42-,43-,44-/m0/s1. The second-order valence-electron chi connectivity index (χ2n) is 19.3. The van der Waals surface area contributed by atoms with Crippen LogP contribution in [0.1, 0.15) is 79.2 Å². The van der Waals surface area contributed by atoms with Crippen LogP contribution in [0.3, 0.4) is 0 Å². The summed E-state index contributed by atoms with van der Waals surface area (Å²) in [4.78, 5) is 26.7. The molecule has 1 aromatic carbocycles. The van der Waals surface area contributed by atoms with E-state index in [-0.39, 0.29) is 48.9 Å². The fourth-order valence-electron chi connectivity index (χ4n) is 13.0. The molecular formula is C44H58O13. The first-order valence-corrected chi connectivity index (χ1v) is 20.9. The van der Waals surface area contributed by atoms with Crippen LogP contribution in [0.2, 0.25) is 0 Å². The van der Waals surface area contributed by atoms with E-state index in [1.807, 2.05) is 45.9 Å². The van der Waals surface area contributed by atoms with E-state index in [0.717, 1.165) is 0 Å². The third-order valence-corrected chi connectivity index (χ3v) is 15.8. The molecule has 5 aliphatic heterocycles. The van der Waals surface area contributed by atoms with Gasteiger partial charge in [-0.1, -0.05) is 77.1 Å². The summed E-state index contributed by atoms with van der Waals surface area (Å²) >= 11 is 0. The first-order chi connectivity index (χ1) is 26.9. The summed E-state index contributed by atoms with van der Waals surface area (Å²) in [6.45, 7) is 10.6. The molecule has 4 aliphatic carbocycles. The number of allylic oxidation sites excluding steroid dienone is 2. The van der Waals surface area contributed by atoms with Gasteiger partial charge >= 0.3 is 17.9 Å². The van der Waals surface area contributed by atoms with Crippen LogP contribution >= 0.6 is 0 Å². The summed E-state index contributed by atoms with van der Waals surface area (Å²) in [5.41, 5.74) is -8.82. The highest BCUT2D eigenvalue weighted by Crippen LogP contribution is 2.75. The fraction of sp³-hybridized carbons (Fsp3) is 0.727. The second kappa shape index (κ2) is 13.1. The van der Waals surface area contributed by atoms with Crippen molar-refractivity contribution in [3.63, 3.8) is 0 Å². The molecule has 19 atom stereocenters. The molecule has 4 saturated heterocycles. The molecule has 13 heteroatoms. The van der Waals surface area contributed by atoms with Gasteiger partial charge in [-0.3, -0.25) is 4.79 Å². The average Bonchev–Trinajstić information content (AvgIpc) is 3.72. The monoisotopic (exact) mass is 794 g/mol. The Labute approximate surface area is 333 Å². The highest BCUT2D eigenvalue weighted by Gasteiger charge is 2.91. The lowest BCUT2D eigenvalue weighted by atomic mass is 9.49. The van der Waals surface area contributed by atoms with Gasteiger partial charge in [-0.2, -0.15) is 0 Å². The van der Waals surface area contributed by atoms with Crippen LogP contribution in [0, 0.1) is 47.3 Å². The molecule has 0 aromatic heterocycles. The van der Waals surface area contributed by atoms with Crippen molar-refractivity contribution < 1.29 is 63.5 Å². The maximum absolute atomic E-state index is 13.7. The summed E-state index contributed by atoms with van der Waals surface area (Å²) in [6.07, 6.45) is 1.15. The SMILES string of the molecule is CC(C)CC(=O)O[C@@H]1/C=C\C=C/C(=O)O[C@H]2[C@@H](C)C[C@@H]3[C@]2(O)[C@H](O)[C@@]2(CO)O[C@H]2[C@H]2[C@H]4O[C@]5(c6ccccc6)O[C@@H]([C@H](C)[C@@]23O5)[C@@]4(O)[C@](C)(O)C[C@H]2CC[C@H]1[C@H]2C. The van der Waals surface area contributed by atoms with Gasteiger partial charge in [0.25, 0.3) is 0 Å². The molecule has 5 heterocycles. The summed E-state index contributed by atoms with van der Waals surface area (Å²) < 4.78 is 39.5. The maximum Gasteiger partial charge on any atom is 0.331 e. The molecule has 13 nitrogen and oxygen atoms in total. The van der Waals surface area contributed by atoms with E-state index in [4.69, 9.17) is 28.4 Å². The van der Waals surface area contributed by atoms with Crippen molar-refractivity contribution in [1.82, 2.24) is 0 Å². The zero-order valence-corrected chi connectivity index (χ0v) is 33.5. The molecule has 10 rings (SSSR count). The molecule has 1 spiro atoms. The number of carbonyl (C=O) groups excluding carboxylic acids is 2. The van der Waals surface area contributed by atoms with Crippen molar-refractivity contribution in [2.45, 2.75) is 144 Å². The van der Waals surface area contributed by atoms with E-state index < -0.39 is 107 Å². The Balaban J connectivity index is 1.22. The predicted molar refractivity (Wildman–Crippen MR) is 200 cm³/mol.